The third-order valence-electron chi connectivity index (χ3n) is 2.23. The van der Waals surface area contributed by atoms with Gasteiger partial charge in [0.05, 0.1) is 11.4 Å². The smallest absolute Gasteiger partial charge is 0.106 e. The van der Waals surface area contributed by atoms with Crippen molar-refractivity contribution in [3.8, 4) is 0 Å². The maximum absolute atomic E-state index is 4.38. The van der Waals surface area contributed by atoms with Crippen LogP contribution in [-0.4, -0.2) is 9.55 Å². The summed E-state index contributed by atoms with van der Waals surface area (Å²) >= 11 is 0. The average Bonchev–Trinajstić information content (AvgIpc) is 2.32. The molecule has 2 heteroatoms. The van der Waals surface area contributed by atoms with Crippen molar-refractivity contribution >= 4 is 6.08 Å². The first-order valence-electron chi connectivity index (χ1n) is 4.37. The zero-order valence-electron chi connectivity index (χ0n) is 8.76. The Balaban J connectivity index is 3.21. The molecule has 0 radical (unpaired) electrons. The minimum Gasteiger partial charge on any atom is -0.332 e. The highest BCUT2D eigenvalue weighted by atomic mass is 15.1. The van der Waals surface area contributed by atoms with Crippen LogP contribution in [0.4, 0.5) is 0 Å². The van der Waals surface area contributed by atoms with Gasteiger partial charge in [0.25, 0.3) is 0 Å². The quantitative estimate of drug-likeness (QED) is 0.633. The van der Waals surface area contributed by atoms with E-state index in [1.807, 2.05) is 33.9 Å². The van der Waals surface area contributed by atoms with Crippen LogP contribution in [0.3, 0.4) is 0 Å². The summed E-state index contributed by atoms with van der Waals surface area (Å²) < 4.78 is 2.09. The van der Waals surface area contributed by atoms with Crippen molar-refractivity contribution in [1.29, 1.82) is 0 Å². The van der Waals surface area contributed by atoms with Gasteiger partial charge in [0.1, 0.15) is 5.82 Å². The summed E-state index contributed by atoms with van der Waals surface area (Å²) in [6, 6.07) is 0. The summed E-state index contributed by atoms with van der Waals surface area (Å²) in [5.41, 5.74) is 3.39. The maximum atomic E-state index is 4.38. The van der Waals surface area contributed by atoms with Crippen LogP contribution in [0.2, 0.25) is 0 Å². The molecule has 13 heavy (non-hydrogen) atoms. The van der Waals surface area contributed by atoms with Crippen molar-refractivity contribution in [1.82, 2.24) is 9.55 Å². The number of aryl methyl sites for hydroxylation is 2. The summed E-state index contributed by atoms with van der Waals surface area (Å²) in [5, 5.41) is 0. The highest BCUT2D eigenvalue weighted by Crippen LogP contribution is 2.13. The molecule has 70 valence electrons. The van der Waals surface area contributed by atoms with Crippen molar-refractivity contribution < 1.29 is 0 Å². The molecule has 1 heterocycles. The summed E-state index contributed by atoms with van der Waals surface area (Å²) in [4.78, 5) is 4.38. The Morgan fingerprint density at radius 1 is 1.46 bits per heavy atom. The topological polar surface area (TPSA) is 17.8 Å². The standard InChI is InChI=1S/C11H16N2/c1-6-8(2)7-11-9(3)12-10(4)13(11)5/h6-7H,1H2,2-5H3/b8-7-. The van der Waals surface area contributed by atoms with Gasteiger partial charge in [-0.15, -0.1) is 0 Å². The Labute approximate surface area is 79.6 Å². The highest BCUT2D eigenvalue weighted by Gasteiger charge is 2.04. The number of hydrogen-bond donors (Lipinski definition) is 0. The first-order valence-corrected chi connectivity index (χ1v) is 4.37. The molecule has 0 fully saturated rings. The third kappa shape index (κ3) is 1.89. The molecule has 0 aromatic carbocycles. The Hall–Kier alpha value is -1.31. The van der Waals surface area contributed by atoms with Gasteiger partial charge < -0.3 is 4.57 Å². The molecule has 1 rings (SSSR count). The van der Waals surface area contributed by atoms with Gasteiger partial charge in [0.15, 0.2) is 0 Å². The Kier molecular flexibility index (Phi) is 2.71. The molecule has 0 atom stereocenters. The van der Waals surface area contributed by atoms with Gasteiger partial charge in [0.2, 0.25) is 0 Å². The summed E-state index contributed by atoms with van der Waals surface area (Å²) in [7, 11) is 2.03. The molecule has 1 aromatic rings. The number of hydrogen-bond acceptors (Lipinski definition) is 1. The van der Waals surface area contributed by atoms with Crippen molar-refractivity contribution in [2.24, 2.45) is 7.05 Å². The van der Waals surface area contributed by atoms with Gasteiger partial charge in [0, 0.05) is 7.05 Å². The van der Waals surface area contributed by atoms with Crippen LogP contribution < -0.4 is 0 Å². The van der Waals surface area contributed by atoms with E-state index in [0.717, 1.165) is 22.8 Å². The van der Waals surface area contributed by atoms with Crippen LogP contribution in [0.15, 0.2) is 18.2 Å². The molecule has 0 N–H and O–H groups in total. The first kappa shape index (κ1) is 9.78. The first-order chi connectivity index (χ1) is 6.06. The van der Waals surface area contributed by atoms with Crippen molar-refractivity contribution in [2.45, 2.75) is 20.8 Å². The molecular formula is C11H16N2. The fourth-order valence-electron chi connectivity index (χ4n) is 1.27. The second-order valence-corrected chi connectivity index (χ2v) is 3.28. The van der Waals surface area contributed by atoms with Crippen molar-refractivity contribution in [2.75, 3.05) is 0 Å². The average molecular weight is 176 g/mol. The lowest BCUT2D eigenvalue weighted by Crippen LogP contribution is -1.94. The van der Waals surface area contributed by atoms with E-state index in [1.54, 1.807) is 0 Å². The number of nitrogens with zero attached hydrogens (tertiary/aromatic N) is 2. The number of rotatable bonds is 2. The van der Waals surface area contributed by atoms with Gasteiger partial charge >= 0.3 is 0 Å². The van der Waals surface area contributed by atoms with Gasteiger partial charge in [-0.3, -0.25) is 0 Å². The normalized spacial score (nSPS) is 11.8. The highest BCUT2D eigenvalue weighted by molar-refractivity contribution is 5.54. The van der Waals surface area contributed by atoms with E-state index >= 15 is 0 Å². The van der Waals surface area contributed by atoms with Crippen molar-refractivity contribution in [3.63, 3.8) is 0 Å². The van der Waals surface area contributed by atoms with Gasteiger partial charge in [-0.1, -0.05) is 12.7 Å². The van der Waals surface area contributed by atoms with Crippen LogP contribution in [0, 0.1) is 13.8 Å². The second-order valence-electron chi connectivity index (χ2n) is 3.28. The lowest BCUT2D eigenvalue weighted by molar-refractivity contribution is 0.849. The molecule has 0 aliphatic rings. The van der Waals surface area contributed by atoms with Crippen LogP contribution in [-0.2, 0) is 7.05 Å². The van der Waals surface area contributed by atoms with Gasteiger partial charge in [-0.2, -0.15) is 0 Å². The minimum atomic E-state index is 1.04. The zero-order chi connectivity index (χ0) is 10.0. The summed E-state index contributed by atoms with van der Waals surface area (Å²) in [6.45, 7) is 9.79. The molecule has 0 spiro atoms. The number of allylic oxidation sites excluding steroid dienone is 2. The fraction of sp³-hybridized carbons (Fsp3) is 0.364. The fourth-order valence-corrected chi connectivity index (χ4v) is 1.27. The van der Waals surface area contributed by atoms with E-state index in [2.05, 4.69) is 22.2 Å². The van der Waals surface area contributed by atoms with E-state index in [1.165, 1.54) is 0 Å². The predicted octanol–water partition coefficient (Wildman–Crippen LogP) is 2.63. The van der Waals surface area contributed by atoms with E-state index in [0.29, 0.717) is 0 Å². The Bertz CT molecular complexity index is 356. The largest absolute Gasteiger partial charge is 0.332 e. The van der Waals surface area contributed by atoms with E-state index in [9.17, 15) is 0 Å². The molecule has 0 saturated heterocycles. The van der Waals surface area contributed by atoms with Crippen LogP contribution in [0.5, 0.6) is 0 Å². The third-order valence-corrected chi connectivity index (χ3v) is 2.23. The predicted molar refractivity (Wildman–Crippen MR) is 56.5 cm³/mol. The molecular weight excluding hydrogens is 160 g/mol. The molecule has 0 amide bonds. The van der Waals surface area contributed by atoms with E-state index in [4.69, 9.17) is 0 Å². The lowest BCUT2D eigenvalue weighted by Gasteiger charge is -1.99. The molecule has 0 aliphatic heterocycles. The maximum Gasteiger partial charge on any atom is 0.106 e. The molecule has 2 nitrogen and oxygen atoms in total. The summed E-state index contributed by atoms with van der Waals surface area (Å²) in [5.74, 6) is 1.04. The summed E-state index contributed by atoms with van der Waals surface area (Å²) in [6.07, 6.45) is 3.95. The molecule has 0 aliphatic carbocycles. The minimum absolute atomic E-state index is 1.04. The van der Waals surface area contributed by atoms with E-state index in [-0.39, 0.29) is 0 Å². The second kappa shape index (κ2) is 3.60. The van der Waals surface area contributed by atoms with Gasteiger partial charge in [-0.05, 0) is 32.4 Å². The Morgan fingerprint density at radius 2 is 2.08 bits per heavy atom. The van der Waals surface area contributed by atoms with Crippen LogP contribution in [0.1, 0.15) is 24.1 Å². The molecule has 0 bridgehead atoms. The Morgan fingerprint density at radius 3 is 2.46 bits per heavy atom. The molecule has 0 unspecified atom stereocenters. The van der Waals surface area contributed by atoms with Crippen molar-refractivity contribution in [3.05, 3.63) is 35.4 Å². The van der Waals surface area contributed by atoms with E-state index < -0.39 is 0 Å². The van der Waals surface area contributed by atoms with Crippen LogP contribution in [0.25, 0.3) is 6.08 Å². The van der Waals surface area contributed by atoms with Gasteiger partial charge in [-0.25, -0.2) is 4.98 Å². The van der Waals surface area contributed by atoms with Crippen LogP contribution >= 0.6 is 0 Å². The SMILES string of the molecule is C=C/C(C)=C\c1c(C)nc(C)n1C. The number of aromatic nitrogens is 2. The molecule has 1 aromatic heterocycles. The lowest BCUT2D eigenvalue weighted by atomic mass is 10.2. The monoisotopic (exact) mass is 176 g/mol. The zero-order valence-corrected chi connectivity index (χ0v) is 8.76. The molecule has 0 saturated carbocycles. The number of imidazole rings is 1.